The van der Waals surface area contributed by atoms with Crippen LogP contribution in [0.25, 0.3) is 0 Å². The summed E-state index contributed by atoms with van der Waals surface area (Å²) in [6, 6.07) is 8.68. The molecule has 0 fully saturated rings. The Bertz CT molecular complexity index is 720. The molecule has 0 amide bonds. The van der Waals surface area contributed by atoms with Crippen molar-refractivity contribution >= 4 is 26.0 Å². The van der Waals surface area contributed by atoms with Crippen LogP contribution in [0, 0.1) is 0 Å². The number of sulfonamides is 1. The lowest BCUT2D eigenvalue weighted by molar-refractivity contribution is 0.466. The highest BCUT2D eigenvalue weighted by Crippen LogP contribution is 2.26. The van der Waals surface area contributed by atoms with Crippen LogP contribution in [-0.2, 0) is 23.1 Å². The van der Waals surface area contributed by atoms with Crippen LogP contribution < -0.4 is 5.73 Å². The minimum atomic E-state index is -3.59. The van der Waals surface area contributed by atoms with Crippen molar-refractivity contribution in [2.45, 2.75) is 18.0 Å². The molecule has 0 aliphatic carbocycles. The first-order valence-corrected chi connectivity index (χ1v) is 8.52. The lowest BCUT2D eigenvalue weighted by atomic mass is 10.2. The highest BCUT2D eigenvalue weighted by molar-refractivity contribution is 9.10. The van der Waals surface area contributed by atoms with Gasteiger partial charge in [0.05, 0.1) is 4.90 Å². The number of pyridine rings is 1. The van der Waals surface area contributed by atoms with Crippen LogP contribution in [0.1, 0.15) is 11.1 Å². The lowest BCUT2D eigenvalue weighted by Crippen LogP contribution is -2.27. The number of halogens is 1. The molecule has 2 rings (SSSR count). The standard InChI is InChI=1S/C14H16BrN3O2S/c1-18(10-11-4-6-17-7-5-11)21(19,20)14-8-12(9-16)2-3-13(14)15/h2-8H,9-10,16H2,1H3. The van der Waals surface area contributed by atoms with Gasteiger partial charge in [-0.05, 0) is 51.3 Å². The van der Waals surface area contributed by atoms with E-state index in [-0.39, 0.29) is 11.4 Å². The molecule has 0 aliphatic heterocycles. The van der Waals surface area contributed by atoms with Gasteiger partial charge in [-0.15, -0.1) is 0 Å². The van der Waals surface area contributed by atoms with Crippen molar-refractivity contribution in [2.75, 3.05) is 7.05 Å². The smallest absolute Gasteiger partial charge is 0.244 e. The van der Waals surface area contributed by atoms with Crippen molar-refractivity contribution in [3.8, 4) is 0 Å². The van der Waals surface area contributed by atoms with Crippen molar-refractivity contribution in [3.05, 3.63) is 58.3 Å². The lowest BCUT2D eigenvalue weighted by Gasteiger charge is -2.18. The minimum Gasteiger partial charge on any atom is -0.326 e. The van der Waals surface area contributed by atoms with Crippen molar-refractivity contribution in [1.29, 1.82) is 0 Å². The number of benzene rings is 1. The molecule has 21 heavy (non-hydrogen) atoms. The maximum absolute atomic E-state index is 12.7. The van der Waals surface area contributed by atoms with Crippen LogP contribution in [0.15, 0.2) is 52.1 Å². The molecular formula is C14H16BrN3O2S. The molecule has 1 heterocycles. The maximum atomic E-state index is 12.7. The Hall–Kier alpha value is -1.28. The van der Waals surface area contributed by atoms with Crippen LogP contribution in [0.2, 0.25) is 0 Å². The van der Waals surface area contributed by atoms with E-state index in [1.54, 1.807) is 49.8 Å². The van der Waals surface area contributed by atoms with E-state index in [1.165, 1.54) is 4.31 Å². The van der Waals surface area contributed by atoms with Crippen LogP contribution in [0.5, 0.6) is 0 Å². The molecule has 1 aromatic heterocycles. The fourth-order valence-electron chi connectivity index (χ4n) is 1.87. The van der Waals surface area contributed by atoms with E-state index in [4.69, 9.17) is 5.73 Å². The second kappa shape index (κ2) is 6.65. The summed E-state index contributed by atoms with van der Waals surface area (Å²) in [7, 11) is -2.04. The topological polar surface area (TPSA) is 76.3 Å². The molecule has 5 nitrogen and oxygen atoms in total. The predicted octanol–water partition coefficient (Wildman–Crippen LogP) is 2.12. The first kappa shape index (κ1) is 16.1. The highest BCUT2D eigenvalue weighted by atomic mass is 79.9. The highest BCUT2D eigenvalue weighted by Gasteiger charge is 2.23. The molecule has 2 N–H and O–H groups in total. The average Bonchev–Trinajstić information content (AvgIpc) is 2.48. The van der Waals surface area contributed by atoms with Crippen LogP contribution in [0.4, 0.5) is 0 Å². The molecule has 0 aliphatic rings. The van der Waals surface area contributed by atoms with Crippen LogP contribution in [0.3, 0.4) is 0 Å². The third-order valence-corrected chi connectivity index (χ3v) is 5.87. The zero-order valence-corrected chi connectivity index (χ0v) is 13.9. The van der Waals surface area contributed by atoms with Crippen molar-refractivity contribution in [1.82, 2.24) is 9.29 Å². The molecule has 2 aromatic rings. The average molecular weight is 370 g/mol. The van der Waals surface area contributed by atoms with E-state index < -0.39 is 10.0 Å². The van der Waals surface area contributed by atoms with Gasteiger partial charge in [0.1, 0.15) is 0 Å². The summed E-state index contributed by atoms with van der Waals surface area (Å²) in [6.07, 6.45) is 3.28. The van der Waals surface area contributed by atoms with Gasteiger partial charge in [0.25, 0.3) is 0 Å². The zero-order valence-electron chi connectivity index (χ0n) is 11.5. The summed E-state index contributed by atoms with van der Waals surface area (Å²) >= 11 is 3.29. The summed E-state index contributed by atoms with van der Waals surface area (Å²) in [4.78, 5) is 4.14. The van der Waals surface area contributed by atoms with Gasteiger partial charge in [0, 0.05) is 37.0 Å². The SMILES string of the molecule is CN(Cc1ccncc1)S(=O)(=O)c1cc(CN)ccc1Br. The quantitative estimate of drug-likeness (QED) is 0.875. The fourth-order valence-corrected chi connectivity index (χ4v) is 4.00. The number of hydrogen-bond acceptors (Lipinski definition) is 4. The van der Waals surface area contributed by atoms with E-state index in [9.17, 15) is 8.42 Å². The number of rotatable bonds is 5. The van der Waals surface area contributed by atoms with Crippen molar-refractivity contribution in [3.63, 3.8) is 0 Å². The Morgan fingerprint density at radius 3 is 2.48 bits per heavy atom. The van der Waals surface area contributed by atoms with Gasteiger partial charge in [0.15, 0.2) is 0 Å². The molecule has 0 saturated carbocycles. The maximum Gasteiger partial charge on any atom is 0.244 e. The Morgan fingerprint density at radius 2 is 1.86 bits per heavy atom. The summed E-state index contributed by atoms with van der Waals surface area (Å²) in [6.45, 7) is 0.577. The third-order valence-electron chi connectivity index (χ3n) is 3.07. The molecule has 112 valence electrons. The molecule has 0 atom stereocenters. The summed E-state index contributed by atoms with van der Waals surface area (Å²) in [5.74, 6) is 0. The van der Waals surface area contributed by atoms with E-state index in [1.807, 2.05) is 0 Å². The predicted molar refractivity (Wildman–Crippen MR) is 84.9 cm³/mol. The fraction of sp³-hybridized carbons (Fsp3) is 0.214. The number of aromatic nitrogens is 1. The molecule has 0 bridgehead atoms. The molecule has 0 radical (unpaired) electrons. The number of nitrogens with zero attached hydrogens (tertiary/aromatic N) is 2. The summed E-state index contributed by atoms with van der Waals surface area (Å²) in [5.41, 5.74) is 7.23. The number of hydrogen-bond donors (Lipinski definition) is 1. The molecule has 0 saturated heterocycles. The van der Waals surface area contributed by atoms with Crippen molar-refractivity contribution in [2.24, 2.45) is 5.73 Å². The van der Waals surface area contributed by atoms with E-state index >= 15 is 0 Å². The van der Waals surface area contributed by atoms with Gasteiger partial charge in [-0.25, -0.2) is 8.42 Å². The number of nitrogens with two attached hydrogens (primary N) is 1. The first-order chi connectivity index (χ1) is 9.95. The molecule has 0 unspecified atom stereocenters. The van der Waals surface area contributed by atoms with E-state index in [2.05, 4.69) is 20.9 Å². The summed E-state index contributed by atoms with van der Waals surface area (Å²) in [5, 5.41) is 0. The molecular weight excluding hydrogens is 354 g/mol. The van der Waals surface area contributed by atoms with Gasteiger partial charge in [0.2, 0.25) is 10.0 Å². The summed E-state index contributed by atoms with van der Waals surface area (Å²) < 4.78 is 27.2. The third kappa shape index (κ3) is 3.68. The van der Waals surface area contributed by atoms with Gasteiger partial charge < -0.3 is 5.73 Å². The normalized spacial score (nSPS) is 11.8. The Morgan fingerprint density at radius 1 is 1.19 bits per heavy atom. The Balaban J connectivity index is 2.33. The first-order valence-electron chi connectivity index (χ1n) is 6.29. The second-order valence-corrected chi connectivity index (χ2v) is 7.45. The second-order valence-electron chi connectivity index (χ2n) is 4.59. The largest absolute Gasteiger partial charge is 0.326 e. The van der Waals surface area contributed by atoms with Gasteiger partial charge in [-0.3, -0.25) is 4.98 Å². The van der Waals surface area contributed by atoms with E-state index in [0.717, 1.165) is 11.1 Å². The van der Waals surface area contributed by atoms with E-state index in [0.29, 0.717) is 11.0 Å². The molecule has 0 spiro atoms. The van der Waals surface area contributed by atoms with Crippen molar-refractivity contribution < 1.29 is 8.42 Å². The minimum absolute atomic E-state index is 0.224. The van der Waals surface area contributed by atoms with Gasteiger partial charge in [-0.1, -0.05) is 6.07 Å². The Labute approximate surface area is 133 Å². The molecule has 7 heteroatoms. The monoisotopic (exact) mass is 369 g/mol. The molecule has 1 aromatic carbocycles. The zero-order chi connectivity index (χ0) is 15.5. The van der Waals surface area contributed by atoms with Crippen LogP contribution >= 0.6 is 15.9 Å². The Kier molecular flexibility index (Phi) is 5.10. The van der Waals surface area contributed by atoms with Crippen LogP contribution in [-0.4, -0.2) is 24.8 Å². The van der Waals surface area contributed by atoms with Gasteiger partial charge >= 0.3 is 0 Å². The van der Waals surface area contributed by atoms with Gasteiger partial charge in [-0.2, -0.15) is 4.31 Å².